The first kappa shape index (κ1) is 27.5. The molecule has 0 heterocycles. The molecule has 1 aliphatic carbocycles. The zero-order valence-corrected chi connectivity index (χ0v) is 23.0. The highest BCUT2D eigenvalue weighted by Gasteiger charge is 2.28. The summed E-state index contributed by atoms with van der Waals surface area (Å²) in [4.78, 5) is 13.9. The van der Waals surface area contributed by atoms with Crippen LogP contribution in [-0.4, -0.2) is 19.6 Å². The average molecular weight is 554 g/mol. The van der Waals surface area contributed by atoms with Crippen molar-refractivity contribution in [2.24, 2.45) is 0 Å². The predicted octanol–water partition coefficient (Wildman–Crippen LogP) is 8.17. The summed E-state index contributed by atoms with van der Waals surface area (Å²) in [6.07, 6.45) is 7.01. The van der Waals surface area contributed by atoms with E-state index in [2.05, 4.69) is 5.32 Å². The number of sulfone groups is 1. The molecule has 0 atom stereocenters. The number of amides is 1. The van der Waals surface area contributed by atoms with Crippen molar-refractivity contribution in [2.45, 2.75) is 48.7 Å². The van der Waals surface area contributed by atoms with Crippen molar-refractivity contribution in [2.75, 3.05) is 5.32 Å². The Labute approximate surface area is 235 Å². The smallest absolute Gasteiger partial charge is 0.256 e. The van der Waals surface area contributed by atoms with Gasteiger partial charge in [0.05, 0.1) is 10.1 Å². The Morgan fingerprint density at radius 2 is 1.40 bits per heavy atom. The van der Waals surface area contributed by atoms with Gasteiger partial charge in [-0.2, -0.15) is 0 Å². The second-order valence-electron chi connectivity index (χ2n) is 10.2. The van der Waals surface area contributed by atoms with Crippen molar-refractivity contribution in [3.05, 3.63) is 120 Å². The highest BCUT2D eigenvalue weighted by Crippen LogP contribution is 2.30. The Morgan fingerprint density at radius 3 is 2.08 bits per heavy atom. The molecule has 0 unspecified atom stereocenters. The van der Waals surface area contributed by atoms with E-state index in [-0.39, 0.29) is 16.6 Å². The summed E-state index contributed by atoms with van der Waals surface area (Å²) in [5, 5.41) is 2.51. The number of carbonyl (C=O) groups excluding carboxylic acids is 1. The van der Waals surface area contributed by atoms with Gasteiger partial charge in [0.15, 0.2) is 9.84 Å². The quantitative estimate of drug-likeness (QED) is 0.143. The molecule has 4 nitrogen and oxygen atoms in total. The summed E-state index contributed by atoms with van der Waals surface area (Å²) in [7, 11) is -3.50. The van der Waals surface area contributed by atoms with Gasteiger partial charge in [-0.3, -0.25) is 4.79 Å². The number of rotatable bonds is 7. The van der Waals surface area contributed by atoms with E-state index in [0.29, 0.717) is 35.2 Å². The lowest BCUT2D eigenvalue weighted by Gasteiger charge is -2.16. The van der Waals surface area contributed by atoms with Crippen LogP contribution in [0.4, 0.5) is 10.1 Å². The first-order chi connectivity index (χ1) is 19.4. The maximum absolute atomic E-state index is 13.6. The van der Waals surface area contributed by atoms with Crippen molar-refractivity contribution in [3.8, 4) is 11.1 Å². The first-order valence-electron chi connectivity index (χ1n) is 13.7. The maximum Gasteiger partial charge on any atom is 0.256 e. The summed E-state index contributed by atoms with van der Waals surface area (Å²) >= 11 is 0. The van der Waals surface area contributed by atoms with Gasteiger partial charge in [-0.15, -0.1) is 0 Å². The van der Waals surface area contributed by atoms with Gasteiger partial charge in [-0.05, 0) is 71.5 Å². The molecule has 1 N–H and O–H groups in total. The van der Waals surface area contributed by atoms with E-state index < -0.39 is 15.1 Å². The number of benzene rings is 4. The van der Waals surface area contributed by atoms with Crippen LogP contribution in [0.15, 0.2) is 108 Å². The van der Waals surface area contributed by atoms with Gasteiger partial charge >= 0.3 is 0 Å². The van der Waals surface area contributed by atoms with E-state index in [4.69, 9.17) is 0 Å². The van der Waals surface area contributed by atoms with E-state index in [0.717, 1.165) is 36.8 Å². The third-order valence-corrected chi connectivity index (χ3v) is 9.65. The highest BCUT2D eigenvalue weighted by atomic mass is 32.2. The van der Waals surface area contributed by atoms with Crippen molar-refractivity contribution in [3.63, 3.8) is 0 Å². The minimum absolute atomic E-state index is 0.230. The minimum atomic E-state index is -3.50. The molecule has 1 fully saturated rings. The summed E-state index contributed by atoms with van der Waals surface area (Å²) in [6, 6.07) is 30.0. The van der Waals surface area contributed by atoms with Crippen molar-refractivity contribution < 1.29 is 17.6 Å². The third-order valence-electron chi connectivity index (χ3n) is 7.39. The fourth-order valence-corrected chi connectivity index (χ4v) is 7.07. The molecule has 1 aliphatic rings. The SMILES string of the molecule is O=C(Nc1cccc(S(=O)(=O)C2CCCCCC2)c1)C(=Cc1ccc(F)cc1)c1ccc(-c2ccccc2)cc1. The topological polar surface area (TPSA) is 63.2 Å². The molecule has 0 aromatic heterocycles. The Kier molecular flexibility index (Phi) is 8.56. The zero-order chi connectivity index (χ0) is 28.0. The van der Waals surface area contributed by atoms with Crippen LogP contribution in [0.1, 0.15) is 49.7 Å². The third kappa shape index (κ3) is 6.57. The fourth-order valence-electron chi connectivity index (χ4n) is 5.17. The first-order valence-corrected chi connectivity index (χ1v) is 15.2. The largest absolute Gasteiger partial charge is 0.322 e. The monoisotopic (exact) mass is 553 g/mol. The normalized spacial score (nSPS) is 14.9. The van der Waals surface area contributed by atoms with Crippen LogP contribution in [-0.2, 0) is 14.6 Å². The summed E-state index contributed by atoms with van der Waals surface area (Å²) in [6.45, 7) is 0. The van der Waals surface area contributed by atoms with Gasteiger partial charge in [0.2, 0.25) is 0 Å². The molecule has 0 radical (unpaired) electrons. The Bertz CT molecular complexity index is 1590. The standard InChI is InChI=1S/C34H32FNO3S/c35-29-21-15-25(16-22-29)23-33(28-19-17-27(18-20-28)26-9-4-3-5-10-26)34(37)36-30-11-8-14-32(24-30)40(38,39)31-12-6-1-2-7-13-31/h3-5,8-11,14-24,31H,1-2,6-7,12-13H2,(H,36,37). The number of halogens is 1. The van der Waals surface area contributed by atoms with Gasteiger partial charge in [0, 0.05) is 11.3 Å². The van der Waals surface area contributed by atoms with Gasteiger partial charge < -0.3 is 5.32 Å². The molecule has 204 valence electrons. The van der Waals surface area contributed by atoms with Crippen molar-refractivity contribution in [1.82, 2.24) is 0 Å². The molecule has 0 spiro atoms. The summed E-state index contributed by atoms with van der Waals surface area (Å²) in [5.41, 5.74) is 4.22. The highest BCUT2D eigenvalue weighted by molar-refractivity contribution is 7.92. The lowest BCUT2D eigenvalue weighted by Crippen LogP contribution is -2.21. The minimum Gasteiger partial charge on any atom is -0.322 e. The maximum atomic E-state index is 13.6. The molecular weight excluding hydrogens is 521 g/mol. The van der Waals surface area contributed by atoms with E-state index in [1.165, 1.54) is 12.1 Å². The molecule has 6 heteroatoms. The summed E-state index contributed by atoms with van der Waals surface area (Å²) < 4.78 is 40.3. The molecule has 0 bridgehead atoms. The van der Waals surface area contributed by atoms with Crippen LogP contribution in [0.3, 0.4) is 0 Å². The van der Waals surface area contributed by atoms with Crippen LogP contribution in [0, 0.1) is 5.82 Å². The molecule has 5 rings (SSSR count). The van der Waals surface area contributed by atoms with Crippen LogP contribution >= 0.6 is 0 Å². The number of carbonyl (C=O) groups is 1. The van der Waals surface area contributed by atoms with Gasteiger partial charge in [-0.25, -0.2) is 12.8 Å². The number of hydrogen-bond donors (Lipinski definition) is 1. The lowest BCUT2D eigenvalue weighted by atomic mass is 9.98. The van der Waals surface area contributed by atoms with Crippen LogP contribution in [0.5, 0.6) is 0 Å². The summed E-state index contributed by atoms with van der Waals surface area (Å²) in [5.74, 6) is -0.747. The molecular formula is C34H32FNO3S. The van der Waals surface area contributed by atoms with E-state index in [1.807, 2.05) is 54.6 Å². The zero-order valence-electron chi connectivity index (χ0n) is 22.2. The molecule has 1 amide bonds. The average Bonchev–Trinajstić information content (AvgIpc) is 3.28. The second kappa shape index (κ2) is 12.4. The van der Waals surface area contributed by atoms with Gasteiger partial charge in [-0.1, -0.05) is 98.5 Å². The number of hydrogen-bond acceptors (Lipinski definition) is 3. The Balaban J connectivity index is 1.44. The van der Waals surface area contributed by atoms with E-state index in [9.17, 15) is 17.6 Å². The number of nitrogens with one attached hydrogen (secondary N) is 1. The molecule has 0 aliphatic heterocycles. The van der Waals surface area contributed by atoms with Crippen LogP contribution in [0.2, 0.25) is 0 Å². The van der Waals surface area contributed by atoms with Crippen LogP contribution < -0.4 is 5.32 Å². The van der Waals surface area contributed by atoms with Crippen molar-refractivity contribution in [1.29, 1.82) is 0 Å². The van der Waals surface area contributed by atoms with E-state index in [1.54, 1.807) is 42.5 Å². The predicted molar refractivity (Wildman–Crippen MR) is 160 cm³/mol. The Morgan fingerprint density at radius 1 is 0.750 bits per heavy atom. The van der Waals surface area contributed by atoms with Gasteiger partial charge in [0.1, 0.15) is 5.82 Å². The fraction of sp³-hybridized carbons (Fsp3) is 0.206. The van der Waals surface area contributed by atoms with Crippen molar-refractivity contribution >= 4 is 33.1 Å². The number of anilines is 1. The second-order valence-corrected chi connectivity index (χ2v) is 12.4. The molecule has 0 saturated heterocycles. The molecule has 40 heavy (non-hydrogen) atoms. The molecule has 4 aromatic rings. The van der Waals surface area contributed by atoms with Crippen LogP contribution in [0.25, 0.3) is 22.8 Å². The lowest BCUT2D eigenvalue weighted by molar-refractivity contribution is -0.111. The molecule has 1 saturated carbocycles. The van der Waals surface area contributed by atoms with Gasteiger partial charge in [0.25, 0.3) is 5.91 Å². The Hall–Kier alpha value is -4.03. The molecule has 4 aromatic carbocycles. The van der Waals surface area contributed by atoms with E-state index >= 15 is 0 Å².